The number of hydrogen-bond acceptors (Lipinski definition) is 2. The first-order valence-electron chi connectivity index (χ1n) is 6.86. The molecule has 114 valence electrons. The van der Waals surface area contributed by atoms with Crippen molar-refractivity contribution in [3.63, 3.8) is 0 Å². The van der Waals surface area contributed by atoms with Gasteiger partial charge in [0.25, 0.3) is 0 Å². The van der Waals surface area contributed by atoms with Gasteiger partial charge in [0.1, 0.15) is 0 Å². The summed E-state index contributed by atoms with van der Waals surface area (Å²) in [7, 11) is 0. The number of hydrogen-bond donors (Lipinski definition) is 2. The summed E-state index contributed by atoms with van der Waals surface area (Å²) in [4.78, 5) is 14.1. The number of aliphatic hydroxyl groups is 1. The van der Waals surface area contributed by atoms with Crippen LogP contribution < -0.4 is 10.2 Å². The predicted molar refractivity (Wildman–Crippen MR) is 88.8 cm³/mol. The van der Waals surface area contributed by atoms with E-state index in [1.165, 1.54) is 0 Å². The number of carbonyl (C=O) groups is 1. The highest BCUT2D eigenvalue weighted by Crippen LogP contribution is 2.35. The fourth-order valence-electron chi connectivity index (χ4n) is 2.50. The van der Waals surface area contributed by atoms with Gasteiger partial charge in [-0.3, -0.25) is 4.90 Å². The molecule has 2 aromatic carbocycles. The third kappa shape index (κ3) is 3.04. The number of rotatable bonds is 1. The highest BCUT2D eigenvalue weighted by molar-refractivity contribution is 6.31. The molecule has 1 heterocycles. The number of benzene rings is 2. The monoisotopic (exact) mass is 336 g/mol. The molecule has 2 aromatic rings. The summed E-state index contributed by atoms with van der Waals surface area (Å²) in [5.74, 6) is 0. The molecule has 0 saturated heterocycles. The molecule has 0 saturated carbocycles. The molecule has 0 aliphatic carbocycles. The van der Waals surface area contributed by atoms with E-state index in [1.54, 1.807) is 47.4 Å². The van der Waals surface area contributed by atoms with Crippen molar-refractivity contribution in [1.82, 2.24) is 0 Å². The van der Waals surface area contributed by atoms with Crippen LogP contribution in [0.1, 0.15) is 18.1 Å². The maximum absolute atomic E-state index is 12.5. The maximum atomic E-state index is 12.5. The predicted octanol–water partition coefficient (Wildman–Crippen LogP) is 4.47. The molecule has 3 rings (SSSR count). The summed E-state index contributed by atoms with van der Waals surface area (Å²) in [6.07, 6.45) is -0.130. The summed E-state index contributed by atoms with van der Waals surface area (Å²) in [5.41, 5.74) is 2.01. The minimum atomic E-state index is -0.603. The quantitative estimate of drug-likeness (QED) is 0.807. The second-order valence-electron chi connectivity index (χ2n) is 5.10. The molecule has 1 unspecified atom stereocenters. The topological polar surface area (TPSA) is 52.6 Å². The SMILES string of the molecule is O=C(Nc1ccc(Cl)cc1)N1CCC(O)c2cc(Cl)ccc21. The molecule has 2 N–H and O–H groups in total. The first kappa shape index (κ1) is 15.2. The van der Waals surface area contributed by atoms with Gasteiger partial charge in [-0.05, 0) is 48.9 Å². The van der Waals surface area contributed by atoms with Crippen LogP contribution in [-0.2, 0) is 0 Å². The second-order valence-corrected chi connectivity index (χ2v) is 5.97. The molecule has 6 heteroatoms. The summed E-state index contributed by atoms with van der Waals surface area (Å²) in [6, 6.07) is 11.8. The molecular formula is C16H14Cl2N2O2. The van der Waals surface area contributed by atoms with Crippen LogP contribution in [-0.4, -0.2) is 17.7 Å². The highest BCUT2D eigenvalue weighted by atomic mass is 35.5. The minimum Gasteiger partial charge on any atom is -0.388 e. The van der Waals surface area contributed by atoms with Gasteiger partial charge in [-0.1, -0.05) is 23.2 Å². The number of amides is 2. The summed E-state index contributed by atoms with van der Waals surface area (Å²) in [6.45, 7) is 0.440. The molecule has 2 amide bonds. The third-order valence-corrected chi connectivity index (χ3v) is 4.09. The van der Waals surface area contributed by atoms with Crippen molar-refractivity contribution in [2.24, 2.45) is 0 Å². The summed E-state index contributed by atoms with van der Waals surface area (Å²) < 4.78 is 0. The van der Waals surface area contributed by atoms with Gasteiger partial charge in [0, 0.05) is 27.8 Å². The van der Waals surface area contributed by atoms with E-state index >= 15 is 0 Å². The van der Waals surface area contributed by atoms with Gasteiger partial charge in [-0.2, -0.15) is 0 Å². The second kappa shape index (κ2) is 6.16. The zero-order valence-electron chi connectivity index (χ0n) is 11.6. The van der Waals surface area contributed by atoms with Gasteiger partial charge in [0.2, 0.25) is 0 Å². The van der Waals surface area contributed by atoms with Crippen molar-refractivity contribution in [3.8, 4) is 0 Å². The van der Waals surface area contributed by atoms with Gasteiger partial charge in [-0.25, -0.2) is 4.79 Å². The van der Waals surface area contributed by atoms with Crippen molar-refractivity contribution in [3.05, 3.63) is 58.1 Å². The summed E-state index contributed by atoms with van der Waals surface area (Å²) >= 11 is 11.8. The molecule has 1 atom stereocenters. The Morgan fingerprint density at radius 1 is 1.14 bits per heavy atom. The molecule has 1 aliphatic rings. The van der Waals surface area contributed by atoms with Crippen LogP contribution in [0.15, 0.2) is 42.5 Å². The smallest absolute Gasteiger partial charge is 0.326 e. The molecule has 4 nitrogen and oxygen atoms in total. The molecule has 0 bridgehead atoms. The van der Waals surface area contributed by atoms with E-state index in [1.807, 2.05) is 0 Å². The number of urea groups is 1. The Morgan fingerprint density at radius 3 is 2.55 bits per heavy atom. The fraction of sp³-hybridized carbons (Fsp3) is 0.188. The molecule has 0 aromatic heterocycles. The number of anilines is 2. The lowest BCUT2D eigenvalue weighted by Crippen LogP contribution is -2.39. The third-order valence-electron chi connectivity index (χ3n) is 3.61. The van der Waals surface area contributed by atoms with E-state index in [0.29, 0.717) is 39.9 Å². The zero-order valence-corrected chi connectivity index (χ0v) is 13.1. The Morgan fingerprint density at radius 2 is 1.82 bits per heavy atom. The van der Waals surface area contributed by atoms with Crippen molar-refractivity contribution >= 4 is 40.6 Å². The lowest BCUT2D eigenvalue weighted by Gasteiger charge is -2.32. The van der Waals surface area contributed by atoms with Crippen molar-refractivity contribution in [2.45, 2.75) is 12.5 Å². The maximum Gasteiger partial charge on any atom is 0.326 e. The molecule has 22 heavy (non-hydrogen) atoms. The largest absolute Gasteiger partial charge is 0.388 e. The van der Waals surface area contributed by atoms with Crippen LogP contribution in [0.5, 0.6) is 0 Å². The fourth-order valence-corrected chi connectivity index (χ4v) is 2.81. The van der Waals surface area contributed by atoms with E-state index in [0.717, 1.165) is 0 Å². The van der Waals surface area contributed by atoms with Crippen LogP contribution in [0.2, 0.25) is 10.0 Å². The molecular weight excluding hydrogens is 323 g/mol. The first-order chi connectivity index (χ1) is 10.5. The van der Waals surface area contributed by atoms with Gasteiger partial charge in [0.15, 0.2) is 0 Å². The van der Waals surface area contributed by atoms with Crippen LogP contribution in [0.3, 0.4) is 0 Å². The number of carbonyl (C=O) groups excluding carboxylic acids is 1. The molecule has 1 aliphatic heterocycles. The number of aliphatic hydroxyl groups excluding tert-OH is 1. The van der Waals surface area contributed by atoms with Gasteiger partial charge in [0.05, 0.1) is 11.8 Å². The Balaban J connectivity index is 1.85. The van der Waals surface area contributed by atoms with Crippen molar-refractivity contribution in [2.75, 3.05) is 16.8 Å². The van der Waals surface area contributed by atoms with Gasteiger partial charge < -0.3 is 10.4 Å². The van der Waals surface area contributed by atoms with Crippen LogP contribution >= 0.6 is 23.2 Å². The van der Waals surface area contributed by atoms with E-state index in [4.69, 9.17) is 23.2 Å². The number of nitrogens with one attached hydrogen (secondary N) is 1. The Bertz CT molecular complexity index is 704. The number of halogens is 2. The van der Waals surface area contributed by atoms with E-state index < -0.39 is 6.10 Å². The summed E-state index contributed by atoms with van der Waals surface area (Å²) in [5, 5.41) is 14.0. The minimum absolute atomic E-state index is 0.252. The van der Waals surface area contributed by atoms with Crippen LogP contribution in [0.4, 0.5) is 16.2 Å². The molecule has 0 radical (unpaired) electrons. The lowest BCUT2D eigenvalue weighted by atomic mass is 9.99. The average Bonchev–Trinajstić information content (AvgIpc) is 2.50. The van der Waals surface area contributed by atoms with Gasteiger partial charge >= 0.3 is 6.03 Å². The highest BCUT2D eigenvalue weighted by Gasteiger charge is 2.27. The normalized spacial score (nSPS) is 17.0. The Labute approximate surface area is 138 Å². The zero-order chi connectivity index (χ0) is 15.7. The Hall–Kier alpha value is -1.75. The first-order valence-corrected chi connectivity index (χ1v) is 7.62. The molecule has 0 spiro atoms. The van der Waals surface area contributed by atoms with Gasteiger partial charge in [-0.15, -0.1) is 0 Å². The Kier molecular flexibility index (Phi) is 4.25. The van der Waals surface area contributed by atoms with Crippen molar-refractivity contribution < 1.29 is 9.90 Å². The lowest BCUT2D eigenvalue weighted by molar-refractivity contribution is 0.164. The van der Waals surface area contributed by atoms with Crippen LogP contribution in [0, 0.1) is 0 Å². The van der Waals surface area contributed by atoms with E-state index in [-0.39, 0.29) is 6.03 Å². The number of fused-ring (bicyclic) bond motifs is 1. The van der Waals surface area contributed by atoms with Crippen LogP contribution in [0.25, 0.3) is 0 Å². The van der Waals surface area contributed by atoms with E-state index in [2.05, 4.69) is 5.32 Å². The standard InChI is InChI=1S/C16H14Cl2N2O2/c17-10-1-4-12(5-2-10)19-16(22)20-8-7-15(21)13-9-11(18)3-6-14(13)20/h1-6,9,15,21H,7-8H2,(H,19,22). The van der Waals surface area contributed by atoms with E-state index in [9.17, 15) is 9.90 Å². The number of nitrogens with zero attached hydrogens (tertiary/aromatic N) is 1. The average molecular weight is 337 g/mol. The molecule has 0 fully saturated rings. The van der Waals surface area contributed by atoms with Crippen molar-refractivity contribution in [1.29, 1.82) is 0 Å².